The van der Waals surface area contributed by atoms with E-state index in [0.717, 1.165) is 17.8 Å². The summed E-state index contributed by atoms with van der Waals surface area (Å²) in [5.41, 5.74) is 0.281. The maximum atomic E-state index is 12.6. The molecule has 4 rings (SSSR count). The summed E-state index contributed by atoms with van der Waals surface area (Å²) in [7, 11) is 0. The first-order valence-corrected chi connectivity index (χ1v) is 10.8. The molecule has 27 heavy (non-hydrogen) atoms. The maximum absolute atomic E-state index is 12.6. The Bertz CT molecular complexity index is 663. The second-order valence-electron chi connectivity index (χ2n) is 8.46. The van der Waals surface area contributed by atoms with E-state index in [-0.39, 0.29) is 28.7 Å². The molecular weight excluding hydrogens is 356 g/mol. The summed E-state index contributed by atoms with van der Waals surface area (Å²) in [6, 6.07) is 3.95. The average Bonchev–Trinajstić information content (AvgIpc) is 2.63. The second-order valence-corrected chi connectivity index (χ2v) is 9.44. The van der Waals surface area contributed by atoms with Crippen LogP contribution in [0.3, 0.4) is 0 Å². The number of carbonyl (C=O) groups is 1. The lowest BCUT2D eigenvalue weighted by Gasteiger charge is -2.59. The van der Waals surface area contributed by atoms with E-state index in [1.165, 1.54) is 50.3 Å². The molecule has 0 spiro atoms. The van der Waals surface area contributed by atoms with Gasteiger partial charge in [-0.2, -0.15) is 10.5 Å². The highest BCUT2D eigenvalue weighted by molar-refractivity contribution is 8.03. The van der Waals surface area contributed by atoms with Gasteiger partial charge in [-0.1, -0.05) is 17.8 Å². The number of hydrogen-bond donors (Lipinski definition) is 2. The van der Waals surface area contributed by atoms with Crippen molar-refractivity contribution in [2.24, 2.45) is 23.2 Å². The molecule has 6 heteroatoms. The highest BCUT2D eigenvalue weighted by Gasteiger charge is 2.53. The minimum atomic E-state index is -0.0311. The predicted octanol–water partition coefficient (Wildman–Crippen LogP) is 3.48. The molecule has 0 aromatic heterocycles. The Morgan fingerprint density at radius 1 is 1.22 bits per heavy atom. The Balaban J connectivity index is 1.57. The van der Waals surface area contributed by atoms with Gasteiger partial charge >= 0.3 is 0 Å². The smallest absolute Gasteiger partial charge is 0.230 e. The quantitative estimate of drug-likeness (QED) is 0.494. The first-order chi connectivity index (χ1) is 13.0. The molecule has 0 aliphatic heterocycles. The summed E-state index contributed by atoms with van der Waals surface area (Å²) in [6.45, 7) is 6.24. The molecule has 0 unspecified atom stereocenters. The van der Waals surface area contributed by atoms with E-state index in [1.54, 1.807) is 6.08 Å². The van der Waals surface area contributed by atoms with E-state index in [9.17, 15) is 4.79 Å². The summed E-state index contributed by atoms with van der Waals surface area (Å²) < 4.78 is 0. The van der Waals surface area contributed by atoms with Crippen LogP contribution < -0.4 is 10.6 Å². The van der Waals surface area contributed by atoms with Crippen molar-refractivity contribution in [1.82, 2.24) is 10.6 Å². The van der Waals surface area contributed by atoms with E-state index in [0.29, 0.717) is 11.6 Å². The van der Waals surface area contributed by atoms with E-state index < -0.39 is 0 Å². The fourth-order valence-electron chi connectivity index (χ4n) is 5.78. The molecule has 4 aliphatic carbocycles. The molecule has 0 saturated heterocycles. The fraction of sp³-hybridized carbons (Fsp3) is 0.667. The van der Waals surface area contributed by atoms with Crippen molar-refractivity contribution in [3.8, 4) is 12.1 Å². The van der Waals surface area contributed by atoms with Crippen molar-refractivity contribution in [2.45, 2.75) is 51.5 Å². The normalized spacial score (nSPS) is 31.3. The zero-order chi connectivity index (χ0) is 19.4. The number of rotatable bonds is 8. The van der Waals surface area contributed by atoms with E-state index in [4.69, 9.17) is 10.5 Å². The van der Waals surface area contributed by atoms with Crippen LogP contribution in [0.2, 0.25) is 0 Å². The van der Waals surface area contributed by atoms with Crippen LogP contribution >= 0.6 is 11.8 Å². The monoisotopic (exact) mass is 384 g/mol. The molecule has 4 saturated carbocycles. The van der Waals surface area contributed by atoms with Crippen LogP contribution in [0.5, 0.6) is 0 Å². The highest BCUT2D eigenvalue weighted by Crippen LogP contribution is 2.61. The van der Waals surface area contributed by atoms with Gasteiger partial charge in [0.25, 0.3) is 0 Å². The third kappa shape index (κ3) is 4.33. The lowest BCUT2D eigenvalue weighted by atomic mass is 9.48. The van der Waals surface area contributed by atoms with E-state index in [1.807, 2.05) is 12.1 Å². The largest absolute Gasteiger partial charge is 0.375 e. The predicted molar refractivity (Wildman–Crippen MR) is 107 cm³/mol. The fourth-order valence-corrected chi connectivity index (χ4v) is 6.56. The molecule has 4 bridgehead atoms. The SMILES string of the molecule is C=CCNC(SCC(=O)N[C@@H](C)C12CC3CC(CC(C3)C1)C2)=C(C#N)C#N. The summed E-state index contributed by atoms with van der Waals surface area (Å²) in [4.78, 5) is 12.6. The Labute approximate surface area is 166 Å². The van der Waals surface area contributed by atoms with Gasteiger partial charge in [0.1, 0.15) is 12.1 Å². The van der Waals surface area contributed by atoms with E-state index in [2.05, 4.69) is 24.1 Å². The van der Waals surface area contributed by atoms with Gasteiger partial charge in [0, 0.05) is 12.6 Å². The lowest BCUT2D eigenvalue weighted by molar-refractivity contribution is -0.123. The van der Waals surface area contributed by atoms with Gasteiger partial charge in [0.15, 0.2) is 5.57 Å². The van der Waals surface area contributed by atoms with Gasteiger partial charge in [-0.15, -0.1) is 6.58 Å². The molecule has 4 aliphatic rings. The Kier molecular flexibility index (Phi) is 6.17. The van der Waals surface area contributed by atoms with Crippen LogP contribution in [-0.2, 0) is 4.79 Å². The van der Waals surface area contributed by atoms with Crippen LogP contribution in [0.25, 0.3) is 0 Å². The number of thioether (sulfide) groups is 1. The topological polar surface area (TPSA) is 88.7 Å². The minimum absolute atomic E-state index is 0.00350. The van der Waals surface area contributed by atoms with Gasteiger partial charge in [-0.3, -0.25) is 4.79 Å². The molecule has 0 heterocycles. The van der Waals surface area contributed by atoms with Crippen molar-refractivity contribution in [3.63, 3.8) is 0 Å². The van der Waals surface area contributed by atoms with Crippen LogP contribution in [0, 0.1) is 45.8 Å². The van der Waals surface area contributed by atoms with Crippen molar-refractivity contribution in [1.29, 1.82) is 10.5 Å². The molecule has 4 fully saturated rings. The van der Waals surface area contributed by atoms with Gasteiger partial charge in [-0.25, -0.2) is 0 Å². The number of nitrogens with zero attached hydrogens (tertiary/aromatic N) is 2. The molecule has 1 amide bonds. The molecule has 144 valence electrons. The summed E-state index contributed by atoms with van der Waals surface area (Å²) in [5, 5.41) is 24.8. The van der Waals surface area contributed by atoms with Crippen LogP contribution in [0.1, 0.15) is 45.4 Å². The molecule has 0 aromatic rings. The van der Waals surface area contributed by atoms with Crippen LogP contribution in [0.4, 0.5) is 0 Å². The summed E-state index contributed by atoms with van der Waals surface area (Å²) in [5.74, 6) is 2.74. The first-order valence-electron chi connectivity index (χ1n) is 9.81. The van der Waals surface area contributed by atoms with Gasteiger partial charge in [-0.05, 0) is 68.6 Å². The third-order valence-corrected chi connectivity index (χ3v) is 7.63. The molecule has 0 aromatic carbocycles. The zero-order valence-electron chi connectivity index (χ0n) is 16.0. The Morgan fingerprint density at radius 2 is 1.78 bits per heavy atom. The summed E-state index contributed by atoms with van der Waals surface area (Å²) >= 11 is 1.21. The average molecular weight is 385 g/mol. The third-order valence-electron chi connectivity index (χ3n) is 6.59. The van der Waals surface area contributed by atoms with Crippen LogP contribution in [-0.4, -0.2) is 24.2 Å². The van der Waals surface area contributed by atoms with Crippen molar-refractivity contribution in [2.75, 3.05) is 12.3 Å². The maximum Gasteiger partial charge on any atom is 0.230 e. The minimum Gasteiger partial charge on any atom is -0.375 e. The standard InChI is InChI=1S/C21H28N4OS/c1-3-4-24-20(18(11-22)12-23)27-13-19(26)25-14(2)21-8-15-5-16(9-21)7-17(6-15)10-21/h3,14-17,24H,1,4-10,13H2,2H3,(H,25,26)/t14-,15?,16?,17?,21?/m0/s1. The van der Waals surface area contributed by atoms with Gasteiger partial charge in [0.2, 0.25) is 5.91 Å². The molecule has 0 radical (unpaired) electrons. The molecule has 1 atom stereocenters. The second kappa shape index (κ2) is 8.40. The first kappa shape index (κ1) is 19.8. The van der Waals surface area contributed by atoms with Crippen LogP contribution in [0.15, 0.2) is 23.3 Å². The molecule has 2 N–H and O–H groups in total. The van der Waals surface area contributed by atoms with Gasteiger partial charge in [0.05, 0.1) is 10.8 Å². The Morgan fingerprint density at radius 3 is 2.26 bits per heavy atom. The molecular formula is C21H28N4OS. The summed E-state index contributed by atoms with van der Waals surface area (Å²) in [6.07, 6.45) is 9.60. The number of hydrogen-bond acceptors (Lipinski definition) is 5. The lowest BCUT2D eigenvalue weighted by Crippen LogP contribution is -2.56. The number of amides is 1. The molecule has 5 nitrogen and oxygen atoms in total. The van der Waals surface area contributed by atoms with E-state index >= 15 is 0 Å². The van der Waals surface area contributed by atoms with Crippen molar-refractivity contribution < 1.29 is 4.79 Å². The van der Waals surface area contributed by atoms with Crippen molar-refractivity contribution >= 4 is 17.7 Å². The van der Waals surface area contributed by atoms with Crippen molar-refractivity contribution in [3.05, 3.63) is 23.3 Å². The van der Waals surface area contributed by atoms with Gasteiger partial charge < -0.3 is 10.6 Å². The number of allylic oxidation sites excluding steroid dienone is 1. The highest BCUT2D eigenvalue weighted by atomic mass is 32.2. The number of nitrogens with one attached hydrogen (secondary N) is 2. The number of carbonyl (C=O) groups excluding carboxylic acids is 1. The number of nitriles is 2. The Hall–Kier alpha value is -1.92. The zero-order valence-corrected chi connectivity index (χ0v) is 16.8.